The van der Waals surface area contributed by atoms with Gasteiger partial charge in [0.1, 0.15) is 0 Å². The van der Waals surface area contributed by atoms with Crippen LogP contribution in [-0.4, -0.2) is 25.8 Å². The zero-order chi connectivity index (χ0) is 12.8. The van der Waals surface area contributed by atoms with Crippen molar-refractivity contribution in [1.29, 1.82) is 0 Å². The fourth-order valence-corrected chi connectivity index (χ4v) is 2.38. The van der Waals surface area contributed by atoms with Crippen molar-refractivity contribution in [3.05, 3.63) is 35.9 Å². The van der Waals surface area contributed by atoms with Crippen molar-refractivity contribution in [1.82, 2.24) is 5.32 Å². The van der Waals surface area contributed by atoms with Gasteiger partial charge in [0.25, 0.3) is 0 Å². The van der Waals surface area contributed by atoms with Crippen LogP contribution in [0.2, 0.25) is 0 Å². The molecule has 1 aliphatic rings. The predicted octanol–water partition coefficient (Wildman–Crippen LogP) is 2.02. The van der Waals surface area contributed by atoms with Crippen LogP contribution in [0.15, 0.2) is 30.3 Å². The Morgan fingerprint density at radius 1 is 1.33 bits per heavy atom. The summed E-state index contributed by atoms with van der Waals surface area (Å²) in [7, 11) is 0. The van der Waals surface area contributed by atoms with Gasteiger partial charge >= 0.3 is 0 Å². The number of nitrogens with two attached hydrogens (primary N) is 1. The van der Waals surface area contributed by atoms with Gasteiger partial charge in [0, 0.05) is 19.7 Å². The third-order valence-corrected chi connectivity index (χ3v) is 3.57. The van der Waals surface area contributed by atoms with E-state index < -0.39 is 0 Å². The first-order valence-electron chi connectivity index (χ1n) is 6.85. The second kappa shape index (κ2) is 6.32. The minimum atomic E-state index is -0.323. The first-order valence-corrected chi connectivity index (χ1v) is 6.85. The Balaban J connectivity index is 1.78. The van der Waals surface area contributed by atoms with Crippen molar-refractivity contribution in [3.8, 4) is 0 Å². The van der Waals surface area contributed by atoms with Gasteiger partial charge in [-0.05, 0) is 31.7 Å². The van der Waals surface area contributed by atoms with E-state index in [0.29, 0.717) is 6.10 Å². The van der Waals surface area contributed by atoms with Gasteiger partial charge in [0.15, 0.2) is 0 Å². The molecule has 1 saturated heterocycles. The maximum Gasteiger partial charge on any atom is 0.0699 e. The van der Waals surface area contributed by atoms with Crippen molar-refractivity contribution in [3.63, 3.8) is 0 Å². The lowest BCUT2D eigenvalue weighted by Crippen LogP contribution is -2.45. The van der Waals surface area contributed by atoms with E-state index in [1.165, 1.54) is 24.8 Å². The number of nitrogens with one attached hydrogen (secondary N) is 1. The molecule has 0 aromatic heterocycles. The third-order valence-electron chi connectivity index (χ3n) is 3.57. The Morgan fingerprint density at radius 2 is 2.11 bits per heavy atom. The summed E-state index contributed by atoms with van der Waals surface area (Å²) in [6.07, 6.45) is 4.02. The fourth-order valence-electron chi connectivity index (χ4n) is 2.38. The topological polar surface area (TPSA) is 47.3 Å². The molecule has 0 saturated carbocycles. The van der Waals surface area contributed by atoms with Gasteiger partial charge in [-0.3, -0.25) is 0 Å². The zero-order valence-corrected chi connectivity index (χ0v) is 11.2. The lowest BCUT2D eigenvalue weighted by Gasteiger charge is -2.28. The minimum Gasteiger partial charge on any atom is -0.377 e. The molecule has 18 heavy (non-hydrogen) atoms. The molecule has 2 atom stereocenters. The smallest absolute Gasteiger partial charge is 0.0699 e. The summed E-state index contributed by atoms with van der Waals surface area (Å²) in [6.45, 7) is 4.65. The highest BCUT2D eigenvalue weighted by Gasteiger charge is 2.21. The van der Waals surface area contributed by atoms with E-state index in [4.69, 9.17) is 10.5 Å². The molecule has 0 radical (unpaired) electrons. The molecule has 3 heteroatoms. The van der Waals surface area contributed by atoms with Gasteiger partial charge in [-0.15, -0.1) is 0 Å². The molecule has 1 heterocycles. The Kier molecular flexibility index (Phi) is 4.75. The van der Waals surface area contributed by atoms with Crippen LogP contribution >= 0.6 is 0 Å². The Labute approximate surface area is 110 Å². The maximum atomic E-state index is 6.35. The Morgan fingerprint density at radius 3 is 2.78 bits per heavy atom. The van der Waals surface area contributed by atoms with Crippen LogP contribution in [0.1, 0.15) is 31.7 Å². The van der Waals surface area contributed by atoms with Gasteiger partial charge < -0.3 is 15.8 Å². The second-order valence-corrected chi connectivity index (χ2v) is 5.40. The summed E-state index contributed by atoms with van der Waals surface area (Å²) in [4.78, 5) is 0. The zero-order valence-electron chi connectivity index (χ0n) is 11.2. The van der Waals surface area contributed by atoms with Gasteiger partial charge in [-0.2, -0.15) is 0 Å². The van der Waals surface area contributed by atoms with E-state index in [9.17, 15) is 0 Å². The molecule has 3 nitrogen and oxygen atoms in total. The van der Waals surface area contributed by atoms with Crippen LogP contribution in [-0.2, 0) is 10.3 Å². The summed E-state index contributed by atoms with van der Waals surface area (Å²) in [5.41, 5.74) is 7.20. The maximum absolute atomic E-state index is 6.35. The summed E-state index contributed by atoms with van der Waals surface area (Å²) in [6, 6.07) is 10.2. The molecule has 100 valence electrons. The average molecular weight is 248 g/mol. The largest absolute Gasteiger partial charge is 0.377 e. The molecule has 0 aliphatic carbocycles. The number of ether oxygens (including phenoxy) is 1. The minimum absolute atomic E-state index is 0.323. The summed E-state index contributed by atoms with van der Waals surface area (Å²) < 4.78 is 5.70. The fraction of sp³-hybridized carbons (Fsp3) is 0.600. The first kappa shape index (κ1) is 13.5. The summed E-state index contributed by atoms with van der Waals surface area (Å²) in [5, 5.41) is 3.44. The van der Waals surface area contributed by atoms with Crippen LogP contribution in [0.5, 0.6) is 0 Å². The lowest BCUT2D eigenvalue weighted by atomic mass is 9.93. The monoisotopic (exact) mass is 248 g/mol. The molecule has 1 aromatic carbocycles. The van der Waals surface area contributed by atoms with Crippen LogP contribution in [0, 0.1) is 0 Å². The molecule has 1 aliphatic heterocycles. The Hall–Kier alpha value is -0.900. The highest BCUT2D eigenvalue weighted by atomic mass is 16.5. The van der Waals surface area contributed by atoms with E-state index in [-0.39, 0.29) is 5.54 Å². The number of hydrogen-bond acceptors (Lipinski definition) is 3. The van der Waals surface area contributed by atoms with Crippen molar-refractivity contribution >= 4 is 0 Å². The van der Waals surface area contributed by atoms with Crippen molar-refractivity contribution in [2.45, 2.75) is 37.8 Å². The number of hydrogen-bond donors (Lipinski definition) is 2. The van der Waals surface area contributed by atoms with E-state index in [0.717, 1.165) is 19.7 Å². The van der Waals surface area contributed by atoms with Crippen LogP contribution in [0.4, 0.5) is 0 Å². The molecule has 2 rings (SSSR count). The standard InChI is InChI=1S/C15H24N2O/c1-15(16,13-7-3-2-4-8-13)12-17-11-14-9-5-6-10-18-14/h2-4,7-8,14,17H,5-6,9-12,16H2,1H3. The molecule has 1 aromatic rings. The van der Waals surface area contributed by atoms with E-state index in [2.05, 4.69) is 24.4 Å². The molecular weight excluding hydrogens is 224 g/mol. The Bertz CT molecular complexity index is 345. The van der Waals surface area contributed by atoms with E-state index in [1.54, 1.807) is 0 Å². The van der Waals surface area contributed by atoms with Crippen LogP contribution in [0.25, 0.3) is 0 Å². The van der Waals surface area contributed by atoms with Crippen LogP contribution < -0.4 is 11.1 Å². The third kappa shape index (κ3) is 3.80. The SMILES string of the molecule is CC(N)(CNCC1CCCCO1)c1ccccc1. The molecular formula is C15H24N2O. The van der Waals surface area contributed by atoms with Gasteiger partial charge in [0.05, 0.1) is 11.6 Å². The summed E-state index contributed by atoms with van der Waals surface area (Å²) in [5.74, 6) is 0. The van der Waals surface area contributed by atoms with Crippen molar-refractivity contribution in [2.75, 3.05) is 19.7 Å². The highest BCUT2D eigenvalue weighted by Crippen LogP contribution is 2.16. The molecule has 1 fully saturated rings. The van der Waals surface area contributed by atoms with E-state index >= 15 is 0 Å². The highest BCUT2D eigenvalue weighted by molar-refractivity contribution is 5.23. The normalized spacial score (nSPS) is 23.6. The van der Waals surface area contributed by atoms with Crippen molar-refractivity contribution in [2.24, 2.45) is 5.73 Å². The van der Waals surface area contributed by atoms with Gasteiger partial charge in [-0.25, -0.2) is 0 Å². The molecule has 0 amide bonds. The number of benzene rings is 1. The molecule has 3 N–H and O–H groups in total. The second-order valence-electron chi connectivity index (χ2n) is 5.40. The predicted molar refractivity (Wildman–Crippen MR) is 74.4 cm³/mol. The molecule has 0 bridgehead atoms. The summed E-state index contributed by atoms with van der Waals surface area (Å²) >= 11 is 0. The molecule has 2 unspecified atom stereocenters. The molecule has 0 spiro atoms. The quantitative estimate of drug-likeness (QED) is 0.838. The lowest BCUT2D eigenvalue weighted by molar-refractivity contribution is 0.0164. The number of rotatable bonds is 5. The van der Waals surface area contributed by atoms with Crippen LogP contribution in [0.3, 0.4) is 0 Å². The average Bonchev–Trinajstić information content (AvgIpc) is 2.41. The van der Waals surface area contributed by atoms with E-state index in [1.807, 2.05) is 18.2 Å². The van der Waals surface area contributed by atoms with Gasteiger partial charge in [0.2, 0.25) is 0 Å². The van der Waals surface area contributed by atoms with Crippen molar-refractivity contribution < 1.29 is 4.74 Å². The first-order chi connectivity index (χ1) is 8.68. The van der Waals surface area contributed by atoms with Gasteiger partial charge in [-0.1, -0.05) is 30.3 Å².